The van der Waals surface area contributed by atoms with E-state index in [1.165, 1.54) is 67.1 Å². The number of H-pyrrole nitrogens is 3. The first-order chi connectivity index (χ1) is 62.6. The smallest absolute Gasteiger partial charge is 0.337 e. The van der Waals surface area contributed by atoms with Crippen molar-refractivity contribution in [3.63, 3.8) is 0 Å². The number of hydrogen-bond donors (Lipinski definition) is 9. The minimum Gasteiger partial charge on any atom is -0.508 e. The fraction of sp³-hybridized carbons (Fsp3) is 0.313. The van der Waals surface area contributed by atoms with E-state index >= 15 is 0 Å². The van der Waals surface area contributed by atoms with Crippen molar-refractivity contribution < 1.29 is 190 Å². The Morgan fingerprint density at radius 2 is 0.782 bits per heavy atom. The van der Waals surface area contributed by atoms with Crippen LogP contribution in [0, 0.1) is 0 Å². The summed E-state index contributed by atoms with van der Waals surface area (Å²) in [5.41, 5.74) is 21.8. The minimum absolute atomic E-state index is 0. The molecule has 10 N–H and O–H groups in total. The number of carboxylic acid groups (broad SMARTS) is 3. The molecule has 4 heterocycles. The van der Waals surface area contributed by atoms with Crippen LogP contribution in [-0.4, -0.2) is 178 Å². The third-order valence-corrected chi connectivity index (χ3v) is 21.5. The first-order valence-electron chi connectivity index (χ1n) is 42.2. The molecule has 3 radical (unpaired) electrons. The fourth-order valence-electron chi connectivity index (χ4n) is 14.1. The van der Waals surface area contributed by atoms with Crippen LogP contribution < -0.4 is 15.8 Å². The van der Waals surface area contributed by atoms with E-state index in [-0.39, 0.29) is 158 Å². The number of aromatic nitrogens is 3. The number of rotatable bonds is 37. The predicted molar refractivity (Wildman–Crippen MR) is 514 cm³/mol. The Balaban J connectivity index is 0.000000346. The molecule has 0 bridgehead atoms. The number of aromatic amines is 3. The third kappa shape index (κ3) is 38.6. The average Bonchev–Trinajstić information content (AvgIpc) is 1.64. The van der Waals surface area contributed by atoms with Gasteiger partial charge in [0.2, 0.25) is 5.91 Å². The van der Waals surface area contributed by atoms with Gasteiger partial charge in [0, 0.05) is 229 Å². The van der Waals surface area contributed by atoms with E-state index in [4.69, 9.17) is 108 Å². The van der Waals surface area contributed by atoms with Crippen LogP contribution in [0.4, 0.5) is 0 Å². The zero-order chi connectivity index (χ0) is 94.6. The molecule has 701 valence electrons. The van der Waals surface area contributed by atoms with Gasteiger partial charge in [0.25, 0.3) is 11.8 Å². The van der Waals surface area contributed by atoms with Crippen LogP contribution in [0.3, 0.4) is 0 Å². The SMILES string of the molecule is CC(=O)NCCc1[nH]c2ccc(Cl)cc2c1CCCc1ccc(C(=O)O)cc1.CCOC(CBr)OCC.CCOC(COc1ccc(C(=O)OC)cc1)OCC.COC(=O)c1ccc(O)cc1.ClCCl.NCCc1[nH]c2ccc(Cl)cc2c1CCCc1ccc(C(=O)O)cc1.O=C(O)c1ccc(CCCc2c(CCN3C(=O)c4ccccc4C3=O)[nH]c3ccc(Cl)cc23)cc1.[Y].[Y].[Y]. The van der Waals surface area contributed by atoms with E-state index in [1.807, 2.05) is 119 Å². The number of nitrogens with zero attached hydrogens (tertiary/aromatic N) is 1. The second-order valence-electron chi connectivity index (χ2n) is 29.0. The summed E-state index contributed by atoms with van der Waals surface area (Å²) >= 11 is 31.4. The topological polar surface area (TPSA) is 371 Å². The Kier molecular flexibility index (Phi) is 56.2. The molecule has 1 aliphatic rings. The van der Waals surface area contributed by atoms with Gasteiger partial charge in [-0.25, -0.2) is 24.0 Å². The van der Waals surface area contributed by atoms with Gasteiger partial charge in [-0.3, -0.25) is 19.3 Å². The van der Waals surface area contributed by atoms with E-state index in [0.717, 1.165) is 147 Å². The quantitative estimate of drug-likeness (QED) is 0.00756. The van der Waals surface area contributed by atoms with E-state index in [0.29, 0.717) is 102 Å². The normalized spacial score (nSPS) is 10.9. The van der Waals surface area contributed by atoms with E-state index in [9.17, 15) is 38.4 Å². The number of methoxy groups -OCH3 is 2. The predicted octanol–water partition coefficient (Wildman–Crippen LogP) is 20.7. The summed E-state index contributed by atoms with van der Waals surface area (Å²) in [6.07, 6.45) is 9.50. The number of imide groups is 1. The molecule has 0 aliphatic carbocycles. The first kappa shape index (κ1) is 118. The van der Waals surface area contributed by atoms with Gasteiger partial charge in [0.15, 0.2) is 12.6 Å². The molecule has 9 aromatic carbocycles. The fourth-order valence-corrected chi connectivity index (χ4v) is 14.9. The van der Waals surface area contributed by atoms with Crippen LogP contribution in [0.1, 0.15) is 177 Å². The van der Waals surface area contributed by atoms with Gasteiger partial charge >= 0.3 is 29.8 Å². The molecule has 12 aromatic rings. The van der Waals surface area contributed by atoms with Gasteiger partial charge < -0.3 is 79.6 Å². The van der Waals surface area contributed by atoms with E-state index in [1.54, 1.807) is 84.9 Å². The van der Waals surface area contributed by atoms with Crippen LogP contribution in [0.2, 0.25) is 15.1 Å². The number of carboxylic acids is 3. The number of nitrogens with one attached hydrogen (secondary N) is 4. The number of aryl methyl sites for hydroxylation is 6. The molecule has 1 aliphatic heterocycles. The summed E-state index contributed by atoms with van der Waals surface area (Å²) in [5.74, 6) is -3.26. The summed E-state index contributed by atoms with van der Waals surface area (Å²) in [7, 11) is 2.66. The number of phenols is 1. The number of halogens is 6. The van der Waals surface area contributed by atoms with Crippen molar-refractivity contribution in [2.75, 3.05) is 77.6 Å². The number of amides is 3. The van der Waals surface area contributed by atoms with E-state index in [2.05, 4.69) is 45.7 Å². The van der Waals surface area contributed by atoms with Crippen LogP contribution in [0.5, 0.6) is 11.5 Å². The largest absolute Gasteiger partial charge is 0.508 e. The first-order valence-corrected chi connectivity index (χ1v) is 45.5. The monoisotopic (exact) mass is 2210 g/mol. The molecule has 0 spiro atoms. The molecule has 3 amide bonds. The van der Waals surface area contributed by atoms with Crippen LogP contribution >= 0.6 is 73.9 Å². The number of nitrogens with two attached hydrogens (primary N) is 1. The number of hydrogen-bond acceptors (Lipinski definition) is 17. The Morgan fingerprint density at radius 3 is 1.11 bits per heavy atom. The molecule has 0 saturated carbocycles. The summed E-state index contributed by atoms with van der Waals surface area (Å²) in [4.78, 5) is 103. The Bertz CT molecular complexity index is 5590. The number of aromatic hydroxyl groups is 1. The third-order valence-electron chi connectivity index (χ3n) is 20.2. The van der Waals surface area contributed by atoms with Gasteiger partial charge in [-0.1, -0.05) is 99.3 Å². The maximum atomic E-state index is 12.8. The molecular formula is C99H110BrCl5N6O19Y3. The Labute approximate surface area is 883 Å². The Morgan fingerprint density at radius 1 is 0.451 bits per heavy atom. The van der Waals surface area contributed by atoms with Gasteiger partial charge in [0.05, 0.1) is 63.8 Å². The number of aromatic carboxylic acids is 3. The number of carbonyl (C=O) groups excluding carboxylic acids is 5. The molecule has 133 heavy (non-hydrogen) atoms. The molecular weight excluding hydrogens is 2100 g/mol. The van der Waals surface area contributed by atoms with Crippen molar-refractivity contribution in [1.82, 2.24) is 25.2 Å². The van der Waals surface area contributed by atoms with Crippen molar-refractivity contribution in [2.24, 2.45) is 5.73 Å². The standard InChI is InChI=1S/C28H23ClN2O4.C22H23ClN2O3.C20H21ClN2O2.C14H20O5.C8H8O3.C6H13BrO2.CH2Cl2.3Y/c29-19-12-13-24-23(16-19)20(7-3-4-17-8-10-18(11-9-17)28(34)35)25(30-24)14-15-31-26(32)21-5-1-2-6-22(21)27(31)33;1-14(26)24-12-11-21-18(19-13-17(23)9-10-20(19)25-21)4-2-3-15-5-7-16(8-6-15)22(27)28;21-15-8-9-18-17(12-15)16(19(23-18)10-11-22)3-1-2-13-4-6-14(7-5-13)20(24)25;1-4-17-13(18-5-2)10-19-12-8-6-11(7-9-12)14(15)16-3;1-11-8(10)6-2-4-7(9)5-3-6;1-3-8-6(5-7)9-4-2;2-1-3;;;/h1-2,5-6,8-13,16,30H,3-4,7,14-15H2,(H,34,35);5-10,13,25H,2-4,11-12H2,1H3,(H,24,26)(H,27,28);4-9,12,23H,1-3,10-11,22H2,(H,24,25);6-9,13H,4-5,10H2,1-3H3;2-5,9H,1H3;6H,3-5H2,1-2H3;1H2;;;. The van der Waals surface area contributed by atoms with Crippen molar-refractivity contribution in [3.8, 4) is 11.5 Å². The maximum Gasteiger partial charge on any atom is 0.337 e. The van der Waals surface area contributed by atoms with Crippen molar-refractivity contribution in [3.05, 3.63) is 305 Å². The molecule has 0 saturated heterocycles. The number of esters is 2. The van der Waals surface area contributed by atoms with Gasteiger partial charge in [-0.05, 0) is 277 Å². The maximum absolute atomic E-state index is 12.8. The number of phenolic OH excluding ortho intramolecular Hbond substituents is 1. The second kappa shape index (κ2) is 63.6. The molecule has 0 atom stereocenters. The average molecular weight is 2210 g/mol. The number of alkyl halides is 3. The molecule has 34 heteroatoms. The van der Waals surface area contributed by atoms with E-state index < -0.39 is 23.9 Å². The molecule has 0 fully saturated rings. The zero-order valence-electron chi connectivity index (χ0n) is 75.2. The van der Waals surface area contributed by atoms with Crippen molar-refractivity contribution >= 4 is 154 Å². The van der Waals surface area contributed by atoms with Crippen LogP contribution in [0.25, 0.3) is 32.7 Å². The van der Waals surface area contributed by atoms with Crippen molar-refractivity contribution in [2.45, 2.75) is 124 Å². The van der Waals surface area contributed by atoms with Crippen molar-refractivity contribution in [1.29, 1.82) is 0 Å². The summed E-state index contributed by atoms with van der Waals surface area (Å²) < 4.78 is 35.7. The zero-order valence-corrected chi connectivity index (χ0v) is 89.1. The summed E-state index contributed by atoms with van der Waals surface area (Å²) in [6.45, 7) is 13.5. The van der Waals surface area contributed by atoms with Gasteiger partial charge in [0.1, 0.15) is 18.1 Å². The minimum atomic E-state index is -0.935. The van der Waals surface area contributed by atoms with Gasteiger partial charge in [-0.15, -0.1) is 23.2 Å². The second-order valence-corrected chi connectivity index (χ2v) is 31.8. The molecule has 0 unspecified atom stereocenters. The molecule has 13 rings (SSSR count). The number of ether oxygens (including phenoxy) is 7. The van der Waals surface area contributed by atoms with Gasteiger partial charge in [-0.2, -0.15) is 0 Å². The summed E-state index contributed by atoms with van der Waals surface area (Å²) in [5, 5.41) is 45.1. The molecule has 25 nitrogen and oxygen atoms in total. The van der Waals surface area contributed by atoms with Crippen LogP contribution in [0.15, 0.2) is 200 Å². The number of benzene rings is 9. The number of fused-ring (bicyclic) bond motifs is 4. The van der Waals surface area contributed by atoms with Crippen LogP contribution in [-0.2, 0) is 189 Å². The number of carbonyl (C=O) groups is 8. The summed E-state index contributed by atoms with van der Waals surface area (Å²) in [6, 6.07) is 58.0. The Hall–Kier alpha value is -7.80. The molecule has 3 aromatic heterocycles.